The number of hydrogen-bond donors (Lipinski definition) is 1. The number of hydrogen-bond acceptors (Lipinski definition) is 7. The predicted molar refractivity (Wildman–Crippen MR) is 128 cm³/mol. The quantitative estimate of drug-likeness (QED) is 0.657. The molecule has 178 valence electrons. The van der Waals surface area contributed by atoms with Gasteiger partial charge in [-0.25, -0.2) is 9.97 Å². The minimum atomic E-state index is -0.971. The van der Waals surface area contributed by atoms with Crippen molar-refractivity contribution in [3.63, 3.8) is 0 Å². The van der Waals surface area contributed by atoms with Crippen molar-refractivity contribution in [2.24, 2.45) is 0 Å². The van der Waals surface area contributed by atoms with Crippen LogP contribution in [0.1, 0.15) is 41.7 Å². The Hall–Kier alpha value is -2.71. The summed E-state index contributed by atoms with van der Waals surface area (Å²) in [6.07, 6.45) is 6.00. The summed E-state index contributed by atoms with van der Waals surface area (Å²) in [5.74, 6) is 1.47. The first-order valence-electron chi connectivity index (χ1n) is 11.9. The number of benzene rings is 1. The molecule has 0 aliphatic carbocycles. The van der Waals surface area contributed by atoms with Crippen LogP contribution < -0.4 is 9.64 Å². The van der Waals surface area contributed by atoms with Gasteiger partial charge in [0.15, 0.2) is 0 Å². The predicted octanol–water partition coefficient (Wildman–Crippen LogP) is 2.36. The van der Waals surface area contributed by atoms with Crippen molar-refractivity contribution in [1.82, 2.24) is 19.8 Å². The molecule has 4 rings (SSSR count). The summed E-state index contributed by atoms with van der Waals surface area (Å²) < 4.78 is 5.87. The van der Waals surface area contributed by atoms with Gasteiger partial charge >= 0.3 is 0 Å². The van der Waals surface area contributed by atoms with Gasteiger partial charge in [0.05, 0.1) is 6.54 Å². The zero-order valence-electron chi connectivity index (χ0n) is 19.7. The van der Waals surface area contributed by atoms with Crippen LogP contribution in [-0.4, -0.2) is 89.3 Å². The SMILES string of the molecule is Cc1cc(N2CC[C@@](O)(CN(C)C(=O)c3ccc(OCCN4CCCCC4)cc3)C2)ncn1. The minimum absolute atomic E-state index is 0.111. The van der Waals surface area contributed by atoms with Gasteiger partial charge in [0.1, 0.15) is 30.1 Å². The van der Waals surface area contributed by atoms with E-state index in [9.17, 15) is 9.90 Å². The molecule has 1 atom stereocenters. The van der Waals surface area contributed by atoms with Crippen molar-refractivity contribution in [2.45, 2.75) is 38.2 Å². The van der Waals surface area contributed by atoms with E-state index in [1.54, 1.807) is 30.4 Å². The number of rotatable bonds is 8. The fourth-order valence-corrected chi connectivity index (χ4v) is 4.70. The Morgan fingerprint density at radius 3 is 2.64 bits per heavy atom. The van der Waals surface area contributed by atoms with Crippen LogP contribution in [0.5, 0.6) is 5.75 Å². The maximum absolute atomic E-state index is 12.9. The van der Waals surface area contributed by atoms with E-state index in [0.717, 1.165) is 36.9 Å². The lowest BCUT2D eigenvalue weighted by Crippen LogP contribution is -2.45. The lowest BCUT2D eigenvalue weighted by atomic mass is 10.0. The molecule has 0 radical (unpaired) electrons. The van der Waals surface area contributed by atoms with Gasteiger partial charge in [-0.1, -0.05) is 6.42 Å². The Morgan fingerprint density at radius 1 is 1.15 bits per heavy atom. The molecule has 0 bridgehead atoms. The number of likely N-dealkylation sites (tertiary alicyclic amines) is 1. The van der Waals surface area contributed by atoms with Crippen molar-refractivity contribution in [3.8, 4) is 5.75 Å². The van der Waals surface area contributed by atoms with Crippen LogP contribution in [0.2, 0.25) is 0 Å². The Labute approximate surface area is 196 Å². The number of β-amino-alcohol motifs (C(OH)–C–C–N with tert-alkyl or cyclic N) is 1. The van der Waals surface area contributed by atoms with Gasteiger partial charge in [-0.3, -0.25) is 9.69 Å². The highest BCUT2D eigenvalue weighted by molar-refractivity contribution is 5.94. The number of anilines is 1. The van der Waals surface area contributed by atoms with E-state index in [-0.39, 0.29) is 12.5 Å². The van der Waals surface area contributed by atoms with Crippen molar-refractivity contribution >= 4 is 11.7 Å². The second-order valence-corrected chi connectivity index (χ2v) is 9.35. The first kappa shape index (κ1) is 23.4. The molecule has 33 heavy (non-hydrogen) atoms. The summed E-state index contributed by atoms with van der Waals surface area (Å²) in [6.45, 7) is 7.23. The van der Waals surface area contributed by atoms with E-state index in [4.69, 9.17) is 4.74 Å². The molecule has 2 aliphatic rings. The number of aryl methyl sites for hydroxylation is 1. The summed E-state index contributed by atoms with van der Waals surface area (Å²) in [5, 5.41) is 11.1. The van der Waals surface area contributed by atoms with Crippen molar-refractivity contribution < 1.29 is 14.6 Å². The summed E-state index contributed by atoms with van der Waals surface area (Å²) >= 11 is 0. The summed E-state index contributed by atoms with van der Waals surface area (Å²) in [5.41, 5.74) is 0.508. The highest BCUT2D eigenvalue weighted by atomic mass is 16.5. The van der Waals surface area contributed by atoms with Gasteiger partial charge in [0.25, 0.3) is 5.91 Å². The zero-order valence-corrected chi connectivity index (χ0v) is 19.7. The topological polar surface area (TPSA) is 82.0 Å². The average molecular weight is 454 g/mol. The van der Waals surface area contributed by atoms with Gasteiger partial charge in [-0.05, 0) is 63.5 Å². The third-order valence-corrected chi connectivity index (χ3v) is 6.55. The van der Waals surface area contributed by atoms with E-state index < -0.39 is 5.60 Å². The number of ether oxygens (including phenoxy) is 1. The van der Waals surface area contributed by atoms with Crippen LogP contribution in [0.3, 0.4) is 0 Å². The minimum Gasteiger partial charge on any atom is -0.492 e. The summed E-state index contributed by atoms with van der Waals surface area (Å²) in [6, 6.07) is 9.20. The van der Waals surface area contributed by atoms with Crippen LogP contribution >= 0.6 is 0 Å². The first-order chi connectivity index (χ1) is 15.9. The molecule has 1 amide bonds. The van der Waals surface area contributed by atoms with Gasteiger partial charge < -0.3 is 19.6 Å². The summed E-state index contributed by atoms with van der Waals surface area (Å²) in [4.78, 5) is 27.5. The second-order valence-electron chi connectivity index (χ2n) is 9.35. The molecule has 1 N–H and O–H groups in total. The van der Waals surface area contributed by atoms with Gasteiger partial charge in [-0.2, -0.15) is 0 Å². The molecule has 0 unspecified atom stereocenters. The van der Waals surface area contributed by atoms with Crippen LogP contribution in [0, 0.1) is 6.92 Å². The number of carbonyl (C=O) groups excluding carboxylic acids is 1. The molecule has 2 aliphatic heterocycles. The van der Waals surface area contributed by atoms with Crippen LogP contribution in [-0.2, 0) is 0 Å². The van der Waals surface area contributed by atoms with E-state index in [2.05, 4.69) is 14.9 Å². The molecule has 1 aromatic heterocycles. The normalized spacial score (nSPS) is 21.2. The lowest BCUT2D eigenvalue weighted by Gasteiger charge is -2.29. The smallest absolute Gasteiger partial charge is 0.253 e. The monoisotopic (exact) mass is 453 g/mol. The summed E-state index contributed by atoms with van der Waals surface area (Å²) in [7, 11) is 1.74. The molecule has 3 heterocycles. The van der Waals surface area contributed by atoms with E-state index in [1.165, 1.54) is 19.3 Å². The Balaban J connectivity index is 1.27. The lowest BCUT2D eigenvalue weighted by molar-refractivity contribution is 0.0264. The first-order valence-corrected chi connectivity index (χ1v) is 11.9. The van der Waals surface area contributed by atoms with Crippen LogP contribution in [0.25, 0.3) is 0 Å². The van der Waals surface area contributed by atoms with Crippen molar-refractivity contribution in [2.75, 3.05) is 57.8 Å². The molecular formula is C25H35N5O3. The maximum Gasteiger partial charge on any atom is 0.253 e. The Kier molecular flexibility index (Phi) is 7.45. The molecule has 0 saturated carbocycles. The molecule has 8 nitrogen and oxygen atoms in total. The average Bonchev–Trinajstić information content (AvgIpc) is 3.21. The number of likely N-dealkylation sites (N-methyl/N-ethyl adjacent to an activating group) is 1. The molecule has 8 heteroatoms. The maximum atomic E-state index is 12.9. The number of aromatic nitrogens is 2. The van der Waals surface area contributed by atoms with Gasteiger partial charge in [0, 0.05) is 44.0 Å². The van der Waals surface area contributed by atoms with Crippen LogP contribution in [0.4, 0.5) is 5.82 Å². The number of aliphatic hydroxyl groups is 1. The van der Waals surface area contributed by atoms with Crippen molar-refractivity contribution in [1.29, 1.82) is 0 Å². The van der Waals surface area contributed by atoms with E-state index in [1.807, 2.05) is 30.0 Å². The third kappa shape index (κ3) is 6.21. The molecule has 2 fully saturated rings. The number of nitrogens with zero attached hydrogens (tertiary/aromatic N) is 5. The molecule has 0 spiro atoms. The number of carbonyl (C=O) groups is 1. The highest BCUT2D eigenvalue weighted by Crippen LogP contribution is 2.27. The standard InChI is InChI=1S/C25H35N5O3/c1-20-16-23(27-19-26-20)30-13-10-25(32,18-30)17-28(2)24(31)21-6-8-22(9-7-21)33-15-14-29-11-4-3-5-12-29/h6-9,16,19,32H,3-5,10-15,17-18H2,1-2H3/t25-/m1/s1. The number of amides is 1. The molecule has 2 saturated heterocycles. The highest BCUT2D eigenvalue weighted by Gasteiger charge is 2.38. The molecule has 1 aromatic carbocycles. The van der Waals surface area contributed by atoms with Gasteiger partial charge in [-0.15, -0.1) is 0 Å². The van der Waals surface area contributed by atoms with Crippen molar-refractivity contribution in [3.05, 3.63) is 47.9 Å². The largest absolute Gasteiger partial charge is 0.492 e. The second kappa shape index (κ2) is 10.5. The number of piperidine rings is 1. The van der Waals surface area contributed by atoms with E-state index in [0.29, 0.717) is 31.7 Å². The molecular weight excluding hydrogens is 418 g/mol. The van der Waals surface area contributed by atoms with Gasteiger partial charge in [0.2, 0.25) is 0 Å². The third-order valence-electron chi connectivity index (χ3n) is 6.55. The molecule has 2 aromatic rings. The zero-order chi connectivity index (χ0) is 23.3. The Morgan fingerprint density at radius 2 is 1.91 bits per heavy atom. The fourth-order valence-electron chi connectivity index (χ4n) is 4.70. The van der Waals surface area contributed by atoms with Crippen LogP contribution in [0.15, 0.2) is 36.7 Å². The Bertz CT molecular complexity index is 932. The fraction of sp³-hybridized carbons (Fsp3) is 0.560. The van der Waals surface area contributed by atoms with E-state index >= 15 is 0 Å².